The second-order valence-corrected chi connectivity index (χ2v) is 21.2. The number of anilines is 1. The van der Waals surface area contributed by atoms with E-state index in [4.69, 9.17) is 40.4 Å². The van der Waals surface area contributed by atoms with E-state index in [9.17, 15) is 4.79 Å². The molecule has 3 atom stereocenters. The first-order valence-corrected chi connectivity index (χ1v) is 25.9. The summed E-state index contributed by atoms with van der Waals surface area (Å²) in [5.41, 5.74) is 7.06. The summed E-state index contributed by atoms with van der Waals surface area (Å²) in [6.07, 6.45) is 12.0. The number of terminal acetylenes is 1. The van der Waals surface area contributed by atoms with Crippen LogP contribution >= 0.6 is 0 Å². The van der Waals surface area contributed by atoms with E-state index in [0.717, 1.165) is 81.8 Å². The van der Waals surface area contributed by atoms with Gasteiger partial charge in [-0.3, -0.25) is 4.68 Å². The zero-order valence-corrected chi connectivity index (χ0v) is 42.3. The Morgan fingerprint density at radius 1 is 0.811 bits per heavy atom. The van der Waals surface area contributed by atoms with Crippen molar-refractivity contribution in [3.63, 3.8) is 0 Å². The van der Waals surface area contributed by atoms with Gasteiger partial charge in [-0.25, -0.2) is 9.18 Å². The van der Waals surface area contributed by atoms with Crippen LogP contribution in [0.4, 0.5) is 15.0 Å². The second-order valence-electron chi connectivity index (χ2n) is 21.2. The second kappa shape index (κ2) is 18.9. The van der Waals surface area contributed by atoms with Crippen LogP contribution in [0.2, 0.25) is 0 Å². The van der Waals surface area contributed by atoms with Crippen molar-refractivity contribution < 1.29 is 28.1 Å². The van der Waals surface area contributed by atoms with Gasteiger partial charge >= 0.3 is 12.1 Å². The SMILES string of the molecule is C#Cc1ccc(COc2c(-c3c(C)c(F)cc4nn(C(c5ccccc5)(c5ccccc5)c5ccccc5)cc34)c(C3CC3)cc3c(N4C[C@@H]5C[C@H]4CN5C(=O)OC(C)(C)C)nc(OC[C@H]4CCCO4)nc23)cc1. The van der Waals surface area contributed by atoms with E-state index in [1.165, 1.54) is 0 Å². The van der Waals surface area contributed by atoms with Gasteiger partial charge in [0, 0.05) is 59.4 Å². The first-order chi connectivity index (χ1) is 36.0. The van der Waals surface area contributed by atoms with Crippen LogP contribution in [0.15, 0.2) is 134 Å². The minimum absolute atomic E-state index is 0.0326. The van der Waals surface area contributed by atoms with Gasteiger partial charge in [0.1, 0.15) is 41.5 Å². The fraction of sp³-hybridized carbons (Fsp3) is 0.323. The molecule has 374 valence electrons. The average molecular weight is 987 g/mol. The molecule has 3 saturated heterocycles. The van der Waals surface area contributed by atoms with E-state index < -0.39 is 11.1 Å². The molecule has 0 radical (unpaired) electrons. The quantitative estimate of drug-likeness (QED) is 0.0825. The number of carbonyl (C=O) groups is 1. The summed E-state index contributed by atoms with van der Waals surface area (Å²) in [6, 6.07) is 42.8. The highest BCUT2D eigenvalue weighted by Crippen LogP contribution is 2.54. The van der Waals surface area contributed by atoms with Crippen LogP contribution in [0.1, 0.15) is 97.7 Å². The fourth-order valence-corrected chi connectivity index (χ4v) is 11.6. The van der Waals surface area contributed by atoms with Gasteiger partial charge in [0.25, 0.3) is 0 Å². The third-order valence-corrected chi connectivity index (χ3v) is 15.2. The van der Waals surface area contributed by atoms with Gasteiger partial charge in [0.2, 0.25) is 0 Å². The normalized spacial score (nSPS) is 18.6. The number of halogens is 1. The highest BCUT2D eigenvalue weighted by atomic mass is 19.1. The van der Waals surface area contributed by atoms with Gasteiger partial charge in [-0.1, -0.05) is 109 Å². The lowest BCUT2D eigenvalue weighted by molar-refractivity contribution is 0.0214. The van der Waals surface area contributed by atoms with Gasteiger partial charge in [0.15, 0.2) is 5.75 Å². The molecule has 0 unspecified atom stereocenters. The molecule has 0 N–H and O–H groups in total. The number of aromatic nitrogens is 4. The lowest BCUT2D eigenvalue weighted by Crippen LogP contribution is -2.50. The van der Waals surface area contributed by atoms with Crippen LogP contribution in [-0.4, -0.2) is 80.8 Å². The van der Waals surface area contributed by atoms with Crippen molar-refractivity contribution in [3.8, 4) is 35.2 Å². The monoisotopic (exact) mass is 986 g/mol. The van der Waals surface area contributed by atoms with Crippen LogP contribution < -0.4 is 14.4 Å². The molecule has 12 rings (SSSR count). The Kier molecular flexibility index (Phi) is 12.1. The number of likely N-dealkylation sites (tertiary alicyclic amines) is 1. The largest absolute Gasteiger partial charge is 0.486 e. The Morgan fingerprint density at radius 3 is 2.07 bits per heavy atom. The molecule has 12 heteroatoms. The maximum atomic E-state index is 17.2. The summed E-state index contributed by atoms with van der Waals surface area (Å²) in [5, 5.41) is 6.98. The van der Waals surface area contributed by atoms with Gasteiger partial charge in [0.05, 0.1) is 23.7 Å². The lowest BCUT2D eigenvalue weighted by atomic mass is 9.77. The van der Waals surface area contributed by atoms with Crippen LogP contribution in [0.3, 0.4) is 0 Å². The molecule has 0 spiro atoms. The van der Waals surface area contributed by atoms with E-state index in [1.54, 1.807) is 6.07 Å². The molecular weight excluding hydrogens is 928 g/mol. The zero-order valence-electron chi connectivity index (χ0n) is 42.3. The molecule has 3 aliphatic heterocycles. The fourth-order valence-electron chi connectivity index (χ4n) is 11.6. The molecule has 1 saturated carbocycles. The van der Waals surface area contributed by atoms with Gasteiger partial charge in [-0.15, -0.1) is 6.42 Å². The van der Waals surface area contributed by atoms with Crippen LogP contribution in [0.5, 0.6) is 11.8 Å². The predicted molar refractivity (Wildman–Crippen MR) is 285 cm³/mol. The molecule has 8 aromatic rings. The molecule has 4 fully saturated rings. The van der Waals surface area contributed by atoms with E-state index in [2.05, 4.69) is 59.5 Å². The van der Waals surface area contributed by atoms with Crippen molar-refractivity contribution in [3.05, 3.63) is 178 Å². The van der Waals surface area contributed by atoms with Crippen LogP contribution in [0, 0.1) is 25.1 Å². The smallest absolute Gasteiger partial charge is 0.410 e. The molecule has 1 aliphatic carbocycles. The van der Waals surface area contributed by atoms with Crippen molar-refractivity contribution >= 4 is 33.7 Å². The standard InChI is InChI=1S/C62H59FN6O5/c1-6-40-24-26-41(27-25-40)37-72-57-55(54-39(2)52(63)33-53-51(54)36-69(66-53)62(43-17-10-7-11-18-43,44-19-12-8-13-20-44)45-21-14-9-15-22-45)49(42-28-29-42)32-50-56(57)64-59(73-38-48-23-16-30-71-48)65-58(50)67-34-47-31-46(67)35-68(47)60(70)74-61(3,4)5/h1,7-15,17-22,24-27,32-33,36,42,46-48H,16,23,28-31,34-35,37-38H2,2-5H3/t46-,47-,48+/m0/s1. The summed E-state index contributed by atoms with van der Waals surface area (Å²) in [4.78, 5) is 28.2. The summed E-state index contributed by atoms with van der Waals surface area (Å²) in [6.45, 7) is 9.69. The van der Waals surface area contributed by atoms with Crippen molar-refractivity contribution in [1.29, 1.82) is 0 Å². The van der Waals surface area contributed by atoms with E-state index in [0.29, 0.717) is 53.4 Å². The van der Waals surface area contributed by atoms with Gasteiger partial charge in [-0.2, -0.15) is 15.1 Å². The van der Waals surface area contributed by atoms with Crippen LogP contribution in [0.25, 0.3) is 32.9 Å². The maximum Gasteiger partial charge on any atom is 0.410 e. The molecule has 2 aromatic heterocycles. The number of benzene rings is 6. The summed E-state index contributed by atoms with van der Waals surface area (Å²) < 4.78 is 44.9. The summed E-state index contributed by atoms with van der Waals surface area (Å²) in [7, 11) is 0. The Balaban J connectivity index is 1.10. The Bertz CT molecular complexity index is 3340. The van der Waals surface area contributed by atoms with Crippen molar-refractivity contribution in [1.82, 2.24) is 24.6 Å². The minimum Gasteiger partial charge on any atom is -0.486 e. The Morgan fingerprint density at radius 2 is 1.49 bits per heavy atom. The van der Waals surface area contributed by atoms with Gasteiger partial charge < -0.3 is 28.7 Å². The van der Waals surface area contributed by atoms with Crippen molar-refractivity contribution in [2.24, 2.45) is 0 Å². The first kappa shape index (κ1) is 47.3. The van der Waals surface area contributed by atoms with Crippen molar-refractivity contribution in [2.75, 3.05) is 31.2 Å². The summed E-state index contributed by atoms with van der Waals surface area (Å²) in [5.74, 6) is 3.70. The Hall–Kier alpha value is -7.75. The highest BCUT2D eigenvalue weighted by Gasteiger charge is 2.48. The lowest BCUT2D eigenvalue weighted by Gasteiger charge is -2.36. The number of hydrogen-bond donors (Lipinski definition) is 0. The Labute approximate surface area is 431 Å². The third-order valence-electron chi connectivity index (χ3n) is 15.2. The van der Waals surface area contributed by atoms with Gasteiger partial charge in [-0.05, 0) is 117 Å². The minimum atomic E-state index is -0.956. The number of piperazine rings is 1. The molecule has 11 nitrogen and oxygen atoms in total. The molecule has 2 bridgehead atoms. The average Bonchev–Trinajstić information content (AvgIpc) is 3.72. The summed E-state index contributed by atoms with van der Waals surface area (Å²) >= 11 is 0. The van der Waals surface area contributed by atoms with E-state index in [1.807, 2.05) is 116 Å². The number of carbonyl (C=O) groups excluding carboxylic acids is 1. The van der Waals surface area contributed by atoms with E-state index in [-0.39, 0.29) is 55.2 Å². The van der Waals surface area contributed by atoms with E-state index >= 15 is 4.39 Å². The topological polar surface area (TPSA) is 104 Å². The molecule has 74 heavy (non-hydrogen) atoms. The van der Waals surface area contributed by atoms with Crippen LogP contribution in [-0.2, 0) is 21.6 Å². The molecule has 1 amide bonds. The first-order valence-electron chi connectivity index (χ1n) is 25.9. The number of nitrogens with zero attached hydrogens (tertiary/aromatic N) is 6. The molecule has 5 heterocycles. The highest BCUT2D eigenvalue weighted by molar-refractivity contribution is 6.06. The maximum absolute atomic E-state index is 17.2. The molecular formula is C62H59FN6O5. The predicted octanol–water partition coefficient (Wildman–Crippen LogP) is 12.1. The zero-order chi connectivity index (χ0) is 50.7. The molecule has 4 aliphatic rings. The number of rotatable bonds is 13. The third kappa shape index (κ3) is 8.56. The number of fused-ring (bicyclic) bond motifs is 4. The number of hydrogen-bond acceptors (Lipinski definition) is 9. The number of amides is 1. The molecule has 6 aromatic carbocycles. The number of ether oxygens (including phenoxy) is 4. The van der Waals surface area contributed by atoms with Crippen molar-refractivity contribution in [2.45, 2.75) is 102 Å².